The van der Waals surface area contributed by atoms with Gasteiger partial charge in [0.05, 0.1) is 4.90 Å². The van der Waals surface area contributed by atoms with Gasteiger partial charge in [0.2, 0.25) is 0 Å². The van der Waals surface area contributed by atoms with E-state index in [0.29, 0.717) is 5.56 Å². The molecule has 6 nitrogen and oxygen atoms in total. The summed E-state index contributed by atoms with van der Waals surface area (Å²) in [5.74, 6) is 0.933. The second-order valence-corrected chi connectivity index (χ2v) is 6.47. The van der Waals surface area contributed by atoms with E-state index in [1.807, 2.05) is 18.7 Å². The first-order valence-electron chi connectivity index (χ1n) is 7.15. The van der Waals surface area contributed by atoms with E-state index in [9.17, 15) is 8.42 Å². The number of aromatic nitrogens is 2. The van der Waals surface area contributed by atoms with Gasteiger partial charge < -0.3 is 4.90 Å². The second-order valence-electron chi connectivity index (χ2n) is 4.82. The van der Waals surface area contributed by atoms with Crippen molar-refractivity contribution in [2.75, 3.05) is 22.7 Å². The molecule has 0 saturated carbocycles. The minimum absolute atomic E-state index is 0.208. The van der Waals surface area contributed by atoms with Gasteiger partial charge in [-0.3, -0.25) is 4.72 Å². The summed E-state index contributed by atoms with van der Waals surface area (Å²) in [6.07, 6.45) is 0. The summed E-state index contributed by atoms with van der Waals surface area (Å²) in [6.45, 7) is 7.45. The van der Waals surface area contributed by atoms with Gasteiger partial charge in [0.15, 0.2) is 11.6 Å². The van der Waals surface area contributed by atoms with Crippen molar-refractivity contribution in [3.63, 3.8) is 0 Å². The fourth-order valence-electron chi connectivity index (χ4n) is 2.15. The molecule has 0 aliphatic heterocycles. The van der Waals surface area contributed by atoms with Crippen LogP contribution in [-0.2, 0) is 10.0 Å². The first-order valence-corrected chi connectivity index (χ1v) is 8.63. The van der Waals surface area contributed by atoms with Crippen molar-refractivity contribution >= 4 is 21.7 Å². The van der Waals surface area contributed by atoms with E-state index in [-0.39, 0.29) is 10.7 Å². The number of nitrogens with zero attached hydrogens (tertiary/aromatic N) is 3. The lowest BCUT2D eigenvalue weighted by Crippen LogP contribution is -2.23. The zero-order valence-electron chi connectivity index (χ0n) is 12.9. The van der Waals surface area contributed by atoms with Gasteiger partial charge >= 0.3 is 0 Å². The van der Waals surface area contributed by atoms with Crippen LogP contribution < -0.4 is 9.62 Å². The van der Waals surface area contributed by atoms with Crippen LogP contribution in [0.5, 0.6) is 0 Å². The monoisotopic (exact) mass is 320 g/mol. The van der Waals surface area contributed by atoms with Crippen molar-refractivity contribution < 1.29 is 8.42 Å². The predicted octanol–water partition coefficient (Wildman–Crippen LogP) is 2.43. The third kappa shape index (κ3) is 3.54. The van der Waals surface area contributed by atoms with Crippen LogP contribution in [0.3, 0.4) is 0 Å². The Labute approximate surface area is 131 Å². The number of rotatable bonds is 6. The van der Waals surface area contributed by atoms with Crippen LogP contribution >= 0.6 is 0 Å². The highest BCUT2D eigenvalue weighted by Crippen LogP contribution is 2.18. The van der Waals surface area contributed by atoms with Gasteiger partial charge in [-0.1, -0.05) is 18.2 Å². The number of hydrogen-bond donors (Lipinski definition) is 1. The third-order valence-electron chi connectivity index (χ3n) is 3.36. The van der Waals surface area contributed by atoms with E-state index in [1.165, 1.54) is 0 Å². The summed E-state index contributed by atoms with van der Waals surface area (Å²) in [7, 11) is -3.65. The molecule has 0 bridgehead atoms. The number of aryl methyl sites for hydroxylation is 1. The van der Waals surface area contributed by atoms with Crippen molar-refractivity contribution in [2.45, 2.75) is 25.7 Å². The van der Waals surface area contributed by atoms with Crippen LogP contribution in [0.25, 0.3) is 0 Å². The molecule has 0 aliphatic carbocycles. The number of sulfonamides is 1. The van der Waals surface area contributed by atoms with Gasteiger partial charge in [-0.2, -0.15) is 0 Å². The maximum Gasteiger partial charge on any atom is 0.263 e. The van der Waals surface area contributed by atoms with Crippen molar-refractivity contribution in [1.29, 1.82) is 0 Å². The predicted molar refractivity (Wildman–Crippen MR) is 87.6 cm³/mol. The summed E-state index contributed by atoms with van der Waals surface area (Å²) in [4.78, 5) is 2.27. The molecule has 7 heteroatoms. The minimum atomic E-state index is -3.65. The van der Waals surface area contributed by atoms with E-state index in [4.69, 9.17) is 0 Å². The molecule has 1 heterocycles. The fraction of sp³-hybridized carbons (Fsp3) is 0.333. The molecule has 22 heavy (non-hydrogen) atoms. The molecule has 1 N–H and O–H groups in total. The van der Waals surface area contributed by atoms with Gasteiger partial charge in [0.25, 0.3) is 10.0 Å². The lowest BCUT2D eigenvalue weighted by molar-refractivity contribution is 0.600. The molecule has 1 aromatic heterocycles. The van der Waals surface area contributed by atoms with Crippen LogP contribution in [0.1, 0.15) is 19.4 Å². The standard InChI is InChI=1S/C15H20N4O2S/c1-4-19(5-2)15-11-10-14(16-17-15)18-22(20,21)13-9-7-6-8-12(13)3/h6-11H,4-5H2,1-3H3,(H,16,18). The third-order valence-corrected chi connectivity index (χ3v) is 4.87. The van der Waals surface area contributed by atoms with Crippen molar-refractivity contribution in [1.82, 2.24) is 10.2 Å². The number of nitrogens with one attached hydrogen (secondary N) is 1. The molecule has 1 aromatic carbocycles. The Morgan fingerprint density at radius 2 is 1.73 bits per heavy atom. The lowest BCUT2D eigenvalue weighted by atomic mass is 10.2. The zero-order chi connectivity index (χ0) is 16.2. The van der Waals surface area contributed by atoms with Crippen LogP contribution in [0, 0.1) is 6.92 Å². The van der Waals surface area contributed by atoms with E-state index >= 15 is 0 Å². The summed E-state index contributed by atoms with van der Waals surface area (Å²) in [5, 5.41) is 8.02. The van der Waals surface area contributed by atoms with E-state index < -0.39 is 10.0 Å². The number of hydrogen-bond acceptors (Lipinski definition) is 5. The van der Waals surface area contributed by atoms with E-state index in [0.717, 1.165) is 18.9 Å². The maximum atomic E-state index is 12.4. The van der Waals surface area contributed by atoms with Gasteiger partial charge in [0.1, 0.15) is 0 Å². The number of anilines is 2. The highest BCUT2D eigenvalue weighted by Gasteiger charge is 2.17. The van der Waals surface area contributed by atoms with Crippen LogP contribution in [0.15, 0.2) is 41.3 Å². The summed E-state index contributed by atoms with van der Waals surface area (Å²) in [5.41, 5.74) is 0.683. The molecule has 0 aliphatic rings. The molecule has 0 unspecified atom stereocenters. The highest BCUT2D eigenvalue weighted by molar-refractivity contribution is 7.92. The van der Waals surface area contributed by atoms with E-state index in [2.05, 4.69) is 14.9 Å². The van der Waals surface area contributed by atoms with E-state index in [1.54, 1.807) is 43.3 Å². The van der Waals surface area contributed by atoms with Crippen LogP contribution in [0.4, 0.5) is 11.6 Å². The normalized spacial score (nSPS) is 11.2. The molecule has 2 rings (SSSR count). The van der Waals surface area contributed by atoms with Crippen LogP contribution in [0.2, 0.25) is 0 Å². The molecular weight excluding hydrogens is 300 g/mol. The fourth-order valence-corrected chi connectivity index (χ4v) is 3.39. The quantitative estimate of drug-likeness (QED) is 0.885. The summed E-state index contributed by atoms with van der Waals surface area (Å²) in [6, 6.07) is 10.2. The molecule has 0 fully saturated rings. The van der Waals surface area contributed by atoms with Crippen molar-refractivity contribution in [3.05, 3.63) is 42.0 Å². The smallest absolute Gasteiger partial charge is 0.263 e. The molecule has 2 aromatic rings. The van der Waals surface area contributed by atoms with Gasteiger partial charge in [-0.25, -0.2) is 8.42 Å². The Balaban J connectivity index is 2.22. The topological polar surface area (TPSA) is 75.2 Å². The molecule has 118 valence electrons. The Morgan fingerprint density at radius 3 is 2.27 bits per heavy atom. The zero-order valence-corrected chi connectivity index (χ0v) is 13.8. The highest BCUT2D eigenvalue weighted by atomic mass is 32.2. The largest absolute Gasteiger partial charge is 0.356 e. The second kappa shape index (κ2) is 6.74. The van der Waals surface area contributed by atoms with Crippen molar-refractivity contribution in [3.8, 4) is 0 Å². The average Bonchev–Trinajstić information content (AvgIpc) is 2.50. The first kappa shape index (κ1) is 16.2. The Bertz CT molecular complexity index is 725. The van der Waals surface area contributed by atoms with Crippen molar-refractivity contribution in [2.24, 2.45) is 0 Å². The molecule has 0 amide bonds. The Morgan fingerprint density at radius 1 is 1.05 bits per heavy atom. The van der Waals surface area contributed by atoms with Crippen LogP contribution in [-0.4, -0.2) is 31.7 Å². The summed E-state index contributed by atoms with van der Waals surface area (Å²) >= 11 is 0. The van der Waals surface area contributed by atoms with Gasteiger partial charge in [-0.05, 0) is 44.5 Å². The Hall–Kier alpha value is -2.15. The summed E-state index contributed by atoms with van der Waals surface area (Å²) < 4.78 is 27.2. The number of benzene rings is 1. The first-order chi connectivity index (χ1) is 10.5. The van der Waals surface area contributed by atoms with Gasteiger partial charge in [-0.15, -0.1) is 10.2 Å². The molecular formula is C15H20N4O2S. The molecule has 0 spiro atoms. The molecule has 0 saturated heterocycles. The molecule has 0 radical (unpaired) electrons. The SMILES string of the molecule is CCN(CC)c1ccc(NS(=O)(=O)c2ccccc2C)nn1. The minimum Gasteiger partial charge on any atom is -0.356 e. The molecule has 0 atom stereocenters. The van der Waals surface area contributed by atoms with Gasteiger partial charge in [0, 0.05) is 13.1 Å². The lowest BCUT2D eigenvalue weighted by Gasteiger charge is -2.18. The maximum absolute atomic E-state index is 12.4. The average molecular weight is 320 g/mol. The Kier molecular flexibility index (Phi) is 4.97.